The van der Waals surface area contributed by atoms with E-state index in [2.05, 4.69) is 18.6 Å². The van der Waals surface area contributed by atoms with Crippen molar-refractivity contribution in [3.8, 4) is 5.75 Å². The fourth-order valence-electron chi connectivity index (χ4n) is 2.53. The first-order valence-corrected chi connectivity index (χ1v) is 11.0. The molecule has 0 aliphatic rings. The highest BCUT2D eigenvalue weighted by molar-refractivity contribution is 7.92. The van der Waals surface area contributed by atoms with Gasteiger partial charge in [0.05, 0.1) is 6.26 Å². The number of ether oxygens (including phenoxy) is 2. The average molecular weight is 419 g/mol. The molecule has 0 radical (unpaired) electrons. The Labute approximate surface area is 171 Å². The first-order valence-electron chi connectivity index (χ1n) is 9.09. The van der Waals surface area contributed by atoms with Crippen molar-refractivity contribution in [2.45, 2.75) is 32.8 Å². The number of benzene rings is 2. The summed E-state index contributed by atoms with van der Waals surface area (Å²) in [5, 5.41) is 0. The lowest BCUT2D eigenvalue weighted by Gasteiger charge is -2.13. The van der Waals surface area contributed by atoms with Crippen LogP contribution in [0.3, 0.4) is 0 Å². The van der Waals surface area contributed by atoms with Crippen molar-refractivity contribution in [1.29, 1.82) is 0 Å². The van der Waals surface area contributed by atoms with E-state index in [4.69, 9.17) is 9.47 Å². The van der Waals surface area contributed by atoms with Crippen LogP contribution in [0.1, 0.15) is 42.6 Å². The van der Waals surface area contributed by atoms with Crippen LogP contribution in [0, 0.1) is 0 Å². The summed E-state index contributed by atoms with van der Waals surface area (Å²) in [7, 11) is -3.40. The lowest BCUT2D eigenvalue weighted by Crippen LogP contribution is -2.27. The quantitative estimate of drug-likeness (QED) is 0.494. The minimum Gasteiger partial charge on any atom is -0.482 e. The van der Waals surface area contributed by atoms with Crippen LogP contribution in [0.15, 0.2) is 48.5 Å². The third kappa shape index (κ3) is 7.23. The minimum atomic E-state index is -3.40. The number of sulfonamides is 1. The van der Waals surface area contributed by atoms with E-state index >= 15 is 0 Å². The van der Waals surface area contributed by atoms with Crippen molar-refractivity contribution < 1.29 is 27.5 Å². The Kier molecular flexibility index (Phi) is 7.39. The summed E-state index contributed by atoms with van der Waals surface area (Å²) in [6.07, 6.45) is 0.0390. The number of rotatable bonds is 9. The summed E-state index contributed by atoms with van der Waals surface area (Å²) in [4.78, 5) is 24.4. The molecule has 1 N–H and O–H groups in total. The number of ketones is 1. The number of hydrogen-bond donors (Lipinski definition) is 1. The molecule has 7 nitrogen and oxygen atoms in total. The van der Waals surface area contributed by atoms with E-state index in [0.29, 0.717) is 22.9 Å². The van der Waals surface area contributed by atoms with Crippen LogP contribution < -0.4 is 9.46 Å². The number of nitrogens with one attached hydrogen (secondary N) is 1. The normalized spacial score (nSPS) is 12.3. The summed E-state index contributed by atoms with van der Waals surface area (Å²) >= 11 is 0. The van der Waals surface area contributed by atoms with Crippen molar-refractivity contribution in [2.24, 2.45) is 0 Å². The fourth-order valence-corrected chi connectivity index (χ4v) is 3.09. The van der Waals surface area contributed by atoms with Crippen LogP contribution in [-0.2, 0) is 19.6 Å². The van der Waals surface area contributed by atoms with Gasteiger partial charge in [-0.1, -0.05) is 26.0 Å². The summed E-state index contributed by atoms with van der Waals surface area (Å²) in [5.74, 6) is -0.115. The van der Waals surface area contributed by atoms with Gasteiger partial charge in [-0.2, -0.15) is 0 Å². The predicted molar refractivity (Wildman–Crippen MR) is 111 cm³/mol. The zero-order chi connectivity index (χ0) is 21.6. The highest BCUT2D eigenvalue weighted by Crippen LogP contribution is 2.19. The minimum absolute atomic E-state index is 0.301. The first kappa shape index (κ1) is 22.4. The molecule has 2 aromatic rings. The van der Waals surface area contributed by atoms with E-state index in [9.17, 15) is 18.0 Å². The third-order valence-corrected chi connectivity index (χ3v) is 4.66. The molecule has 2 rings (SSSR count). The monoisotopic (exact) mass is 419 g/mol. The number of Topliss-reactive ketones (excluding diaryl/α,β-unsaturated/α-hetero) is 1. The lowest BCUT2D eigenvalue weighted by molar-refractivity contribution is -0.148. The maximum absolute atomic E-state index is 12.4. The Morgan fingerprint density at radius 1 is 0.966 bits per heavy atom. The molecule has 0 spiro atoms. The molecule has 0 aromatic heterocycles. The molecule has 0 aliphatic heterocycles. The van der Waals surface area contributed by atoms with Crippen LogP contribution in [0.2, 0.25) is 0 Å². The number of hydrogen-bond acceptors (Lipinski definition) is 6. The average Bonchev–Trinajstić information content (AvgIpc) is 2.65. The summed E-state index contributed by atoms with van der Waals surface area (Å²) in [5.41, 5.74) is 1.80. The molecule has 8 heteroatoms. The summed E-state index contributed by atoms with van der Waals surface area (Å²) in [6, 6.07) is 13.3. The van der Waals surface area contributed by atoms with E-state index < -0.39 is 27.9 Å². The highest BCUT2D eigenvalue weighted by atomic mass is 32.2. The zero-order valence-corrected chi connectivity index (χ0v) is 17.7. The highest BCUT2D eigenvalue weighted by Gasteiger charge is 2.20. The molecule has 0 heterocycles. The fraction of sp³-hybridized carbons (Fsp3) is 0.333. The molecule has 0 unspecified atom stereocenters. The van der Waals surface area contributed by atoms with Gasteiger partial charge >= 0.3 is 5.97 Å². The van der Waals surface area contributed by atoms with Crippen LogP contribution in [0.5, 0.6) is 5.75 Å². The van der Waals surface area contributed by atoms with Crippen LogP contribution in [-0.4, -0.2) is 39.1 Å². The van der Waals surface area contributed by atoms with E-state index in [-0.39, 0.29) is 6.61 Å². The molecular formula is C21H25NO6S. The van der Waals surface area contributed by atoms with E-state index in [1.807, 2.05) is 12.1 Å². The van der Waals surface area contributed by atoms with Gasteiger partial charge in [-0.25, -0.2) is 13.2 Å². The summed E-state index contributed by atoms with van der Waals surface area (Å²) < 4.78 is 35.3. The van der Waals surface area contributed by atoms with Gasteiger partial charge in [0.1, 0.15) is 5.75 Å². The van der Waals surface area contributed by atoms with Gasteiger partial charge in [0, 0.05) is 11.3 Å². The van der Waals surface area contributed by atoms with Crippen LogP contribution in [0.4, 0.5) is 5.69 Å². The van der Waals surface area contributed by atoms with E-state index in [0.717, 1.165) is 11.8 Å². The second-order valence-electron chi connectivity index (χ2n) is 6.96. The zero-order valence-electron chi connectivity index (χ0n) is 16.8. The Morgan fingerprint density at radius 3 is 2.07 bits per heavy atom. The second kappa shape index (κ2) is 9.56. The van der Waals surface area contributed by atoms with E-state index in [1.54, 1.807) is 12.1 Å². The predicted octanol–water partition coefficient (Wildman–Crippen LogP) is 3.37. The van der Waals surface area contributed by atoms with Gasteiger partial charge < -0.3 is 9.47 Å². The molecule has 0 saturated carbocycles. The molecule has 0 fully saturated rings. The Balaban J connectivity index is 1.87. The largest absolute Gasteiger partial charge is 0.482 e. The second-order valence-corrected chi connectivity index (χ2v) is 8.71. The molecule has 0 amide bonds. The van der Waals surface area contributed by atoms with Crippen LogP contribution >= 0.6 is 0 Å². The van der Waals surface area contributed by atoms with Crippen molar-refractivity contribution >= 4 is 27.5 Å². The first-order chi connectivity index (χ1) is 13.5. The van der Waals surface area contributed by atoms with E-state index in [1.165, 1.54) is 31.2 Å². The number of esters is 1. The van der Waals surface area contributed by atoms with Crippen molar-refractivity contribution in [3.05, 3.63) is 59.7 Å². The lowest BCUT2D eigenvalue weighted by atomic mass is 10.0. The molecule has 0 bridgehead atoms. The molecule has 0 saturated heterocycles. The van der Waals surface area contributed by atoms with Gasteiger partial charge in [-0.15, -0.1) is 0 Å². The molecule has 29 heavy (non-hydrogen) atoms. The molecular weight excluding hydrogens is 394 g/mol. The standard InChI is InChI=1S/C21H25NO6S/c1-14(2)16-7-11-19(12-8-16)27-13-20(23)28-15(3)21(24)17-5-9-18(10-6-17)22-29(4,25)26/h5-12,14-15,22H,13H2,1-4H3/t15-/m0/s1. The maximum Gasteiger partial charge on any atom is 0.344 e. The molecule has 1 atom stereocenters. The molecule has 156 valence electrons. The van der Waals surface area contributed by atoms with Crippen LogP contribution in [0.25, 0.3) is 0 Å². The van der Waals surface area contributed by atoms with Gasteiger partial charge in [-0.3, -0.25) is 9.52 Å². The number of carbonyl (C=O) groups is 2. The maximum atomic E-state index is 12.4. The van der Waals surface area contributed by atoms with Gasteiger partial charge in [0.2, 0.25) is 15.8 Å². The SMILES string of the molecule is CC(C)c1ccc(OCC(=O)O[C@@H](C)C(=O)c2ccc(NS(C)(=O)=O)cc2)cc1. The van der Waals surface area contributed by atoms with Gasteiger partial charge in [-0.05, 0) is 54.8 Å². The number of anilines is 1. The van der Waals surface area contributed by atoms with Gasteiger partial charge in [0.15, 0.2) is 12.7 Å². The van der Waals surface area contributed by atoms with Gasteiger partial charge in [0.25, 0.3) is 0 Å². The van der Waals surface area contributed by atoms with Crippen molar-refractivity contribution in [3.63, 3.8) is 0 Å². The topological polar surface area (TPSA) is 98.8 Å². The third-order valence-electron chi connectivity index (χ3n) is 4.05. The van der Waals surface area contributed by atoms with Crippen molar-refractivity contribution in [2.75, 3.05) is 17.6 Å². The smallest absolute Gasteiger partial charge is 0.344 e. The molecule has 0 aliphatic carbocycles. The Morgan fingerprint density at radius 2 is 1.55 bits per heavy atom. The van der Waals surface area contributed by atoms with Crippen molar-refractivity contribution in [1.82, 2.24) is 0 Å². The Bertz CT molecular complexity index is 950. The number of carbonyl (C=O) groups excluding carboxylic acids is 2. The summed E-state index contributed by atoms with van der Waals surface area (Å²) in [6.45, 7) is 5.33. The molecule has 2 aromatic carbocycles. The Hall–Kier alpha value is -2.87.